The lowest BCUT2D eigenvalue weighted by Crippen LogP contribution is -2.29. The highest BCUT2D eigenvalue weighted by atomic mass is 16.4. The first-order chi connectivity index (χ1) is 9.06. The van der Waals surface area contributed by atoms with E-state index >= 15 is 0 Å². The van der Waals surface area contributed by atoms with Crippen LogP contribution in [0.5, 0.6) is 0 Å². The Balaban J connectivity index is 1.98. The highest BCUT2D eigenvalue weighted by Gasteiger charge is 2.12. The number of aromatic amines is 1. The monoisotopic (exact) mass is 260 g/mol. The van der Waals surface area contributed by atoms with Gasteiger partial charge in [-0.25, -0.2) is 0 Å². The van der Waals surface area contributed by atoms with Gasteiger partial charge in [0.05, 0.1) is 0 Å². The Labute approximate surface area is 110 Å². The summed E-state index contributed by atoms with van der Waals surface area (Å²) in [5.41, 5.74) is 1.40. The van der Waals surface area contributed by atoms with Crippen LogP contribution in [-0.2, 0) is 4.79 Å². The molecule has 3 N–H and O–H groups in total. The Morgan fingerprint density at radius 3 is 2.79 bits per heavy atom. The van der Waals surface area contributed by atoms with E-state index in [0.717, 1.165) is 10.9 Å². The standard InChI is InChI=1S/C14H16N2O3/c1-9(6-13(17)18)8-15-14(19)12-7-10-4-2-3-5-11(10)16-12/h2-5,7,9,16H,6,8H2,1H3,(H,15,19)(H,17,18). The van der Waals surface area contributed by atoms with Crippen LogP contribution in [0.15, 0.2) is 30.3 Å². The molecule has 1 aromatic heterocycles. The number of carboxylic acids is 1. The predicted molar refractivity (Wildman–Crippen MR) is 72.0 cm³/mol. The van der Waals surface area contributed by atoms with E-state index in [0.29, 0.717) is 12.2 Å². The maximum absolute atomic E-state index is 11.9. The van der Waals surface area contributed by atoms with Gasteiger partial charge in [0.15, 0.2) is 0 Å². The number of aromatic nitrogens is 1. The Morgan fingerprint density at radius 1 is 1.37 bits per heavy atom. The van der Waals surface area contributed by atoms with Crippen LogP contribution >= 0.6 is 0 Å². The zero-order chi connectivity index (χ0) is 13.8. The highest BCUT2D eigenvalue weighted by molar-refractivity contribution is 5.97. The number of fused-ring (bicyclic) bond motifs is 1. The van der Waals surface area contributed by atoms with Crippen molar-refractivity contribution < 1.29 is 14.7 Å². The summed E-state index contributed by atoms with van der Waals surface area (Å²) in [5.74, 6) is -1.16. The molecule has 0 radical (unpaired) electrons. The smallest absolute Gasteiger partial charge is 0.303 e. The van der Waals surface area contributed by atoms with Crippen molar-refractivity contribution in [3.05, 3.63) is 36.0 Å². The number of aliphatic carboxylic acids is 1. The van der Waals surface area contributed by atoms with Crippen LogP contribution in [0.1, 0.15) is 23.8 Å². The van der Waals surface area contributed by atoms with Crippen molar-refractivity contribution >= 4 is 22.8 Å². The first-order valence-electron chi connectivity index (χ1n) is 6.14. The van der Waals surface area contributed by atoms with Crippen molar-refractivity contribution in [2.45, 2.75) is 13.3 Å². The Hall–Kier alpha value is -2.30. The maximum atomic E-state index is 11.9. The van der Waals surface area contributed by atoms with Gasteiger partial charge >= 0.3 is 5.97 Å². The second-order valence-electron chi connectivity index (χ2n) is 4.68. The third-order valence-corrected chi connectivity index (χ3v) is 2.91. The molecule has 1 unspecified atom stereocenters. The van der Waals surface area contributed by atoms with Gasteiger partial charge < -0.3 is 15.4 Å². The number of amides is 1. The van der Waals surface area contributed by atoms with Crippen LogP contribution in [0.25, 0.3) is 10.9 Å². The lowest BCUT2D eigenvalue weighted by atomic mass is 10.1. The topological polar surface area (TPSA) is 82.2 Å². The van der Waals surface area contributed by atoms with E-state index in [1.165, 1.54) is 0 Å². The molecule has 0 bridgehead atoms. The van der Waals surface area contributed by atoms with Crippen LogP contribution in [-0.4, -0.2) is 28.5 Å². The molecule has 0 saturated carbocycles. The Morgan fingerprint density at radius 2 is 2.11 bits per heavy atom. The molecular weight excluding hydrogens is 244 g/mol. The fourth-order valence-corrected chi connectivity index (χ4v) is 1.93. The number of hydrogen-bond donors (Lipinski definition) is 3. The van der Waals surface area contributed by atoms with Gasteiger partial charge in [-0.2, -0.15) is 0 Å². The summed E-state index contributed by atoms with van der Waals surface area (Å²) in [7, 11) is 0. The predicted octanol–water partition coefficient (Wildman–Crippen LogP) is 2.01. The van der Waals surface area contributed by atoms with Gasteiger partial charge in [0.2, 0.25) is 0 Å². The third kappa shape index (κ3) is 3.34. The van der Waals surface area contributed by atoms with Crippen LogP contribution in [0.2, 0.25) is 0 Å². The number of hydrogen-bond acceptors (Lipinski definition) is 2. The van der Waals surface area contributed by atoms with Crippen LogP contribution in [0, 0.1) is 5.92 Å². The number of nitrogens with one attached hydrogen (secondary N) is 2. The van der Waals surface area contributed by atoms with Gasteiger partial charge in [-0.05, 0) is 18.1 Å². The van der Waals surface area contributed by atoms with Gasteiger partial charge in [-0.3, -0.25) is 9.59 Å². The lowest BCUT2D eigenvalue weighted by molar-refractivity contribution is -0.137. The molecule has 0 aliphatic heterocycles. The molecule has 1 atom stereocenters. The summed E-state index contributed by atoms with van der Waals surface area (Å²) in [6.45, 7) is 2.14. The molecule has 2 rings (SSSR count). The molecule has 0 aliphatic carbocycles. The SMILES string of the molecule is CC(CNC(=O)c1cc2ccccc2[nH]1)CC(=O)O. The largest absolute Gasteiger partial charge is 0.481 e. The summed E-state index contributed by atoms with van der Waals surface area (Å²) >= 11 is 0. The van der Waals surface area contributed by atoms with Crippen molar-refractivity contribution in [1.29, 1.82) is 0 Å². The molecule has 2 aromatic rings. The van der Waals surface area contributed by atoms with Gasteiger partial charge in [-0.1, -0.05) is 25.1 Å². The minimum Gasteiger partial charge on any atom is -0.481 e. The van der Waals surface area contributed by atoms with E-state index in [1.54, 1.807) is 13.0 Å². The maximum Gasteiger partial charge on any atom is 0.303 e. The van der Waals surface area contributed by atoms with Crippen molar-refractivity contribution in [3.8, 4) is 0 Å². The average molecular weight is 260 g/mol. The molecule has 5 heteroatoms. The van der Waals surface area contributed by atoms with E-state index in [-0.39, 0.29) is 18.2 Å². The summed E-state index contributed by atoms with van der Waals surface area (Å²) in [4.78, 5) is 25.5. The van der Waals surface area contributed by atoms with Crippen molar-refractivity contribution in [2.75, 3.05) is 6.54 Å². The minimum absolute atomic E-state index is 0.0486. The second kappa shape index (κ2) is 5.56. The molecule has 0 saturated heterocycles. The van der Waals surface area contributed by atoms with E-state index in [9.17, 15) is 9.59 Å². The zero-order valence-electron chi connectivity index (χ0n) is 10.6. The van der Waals surface area contributed by atoms with Crippen LogP contribution in [0.3, 0.4) is 0 Å². The van der Waals surface area contributed by atoms with E-state index in [1.807, 2.05) is 24.3 Å². The van der Waals surface area contributed by atoms with Crippen LogP contribution < -0.4 is 5.32 Å². The summed E-state index contributed by atoms with van der Waals surface area (Å²) in [5, 5.41) is 12.4. The lowest BCUT2D eigenvalue weighted by Gasteiger charge is -2.09. The van der Waals surface area contributed by atoms with Crippen molar-refractivity contribution in [3.63, 3.8) is 0 Å². The molecule has 19 heavy (non-hydrogen) atoms. The Bertz CT molecular complexity index is 571. The fourth-order valence-electron chi connectivity index (χ4n) is 1.93. The normalized spacial score (nSPS) is 12.3. The quantitative estimate of drug-likeness (QED) is 0.769. The number of carboxylic acid groups (broad SMARTS) is 1. The molecule has 0 fully saturated rings. The van der Waals surface area contributed by atoms with Crippen molar-refractivity contribution in [2.24, 2.45) is 5.92 Å². The number of carbonyl (C=O) groups excluding carboxylic acids is 1. The second-order valence-corrected chi connectivity index (χ2v) is 4.68. The molecule has 1 amide bonds. The van der Waals surface area contributed by atoms with E-state index in [4.69, 9.17) is 5.11 Å². The first-order valence-corrected chi connectivity index (χ1v) is 6.14. The number of carbonyl (C=O) groups is 2. The van der Waals surface area contributed by atoms with Gasteiger partial charge in [0.1, 0.15) is 5.69 Å². The molecule has 5 nitrogen and oxygen atoms in total. The van der Waals surface area contributed by atoms with E-state index < -0.39 is 5.97 Å². The van der Waals surface area contributed by atoms with Crippen LogP contribution in [0.4, 0.5) is 0 Å². The molecule has 0 aliphatic rings. The van der Waals surface area contributed by atoms with Crippen molar-refractivity contribution in [1.82, 2.24) is 10.3 Å². The van der Waals surface area contributed by atoms with Gasteiger partial charge in [0, 0.05) is 23.9 Å². The number of rotatable bonds is 5. The number of para-hydroxylation sites is 1. The number of benzene rings is 1. The molecule has 1 heterocycles. The zero-order valence-corrected chi connectivity index (χ0v) is 10.6. The summed E-state index contributed by atoms with van der Waals surface area (Å²) in [6.07, 6.45) is 0.0486. The summed E-state index contributed by atoms with van der Waals surface area (Å²) < 4.78 is 0. The third-order valence-electron chi connectivity index (χ3n) is 2.91. The molecule has 100 valence electrons. The number of H-pyrrole nitrogens is 1. The highest BCUT2D eigenvalue weighted by Crippen LogP contribution is 2.14. The molecular formula is C14H16N2O3. The fraction of sp³-hybridized carbons (Fsp3) is 0.286. The Kier molecular flexibility index (Phi) is 3.85. The minimum atomic E-state index is -0.854. The first kappa shape index (κ1) is 13.1. The average Bonchev–Trinajstić information content (AvgIpc) is 2.78. The van der Waals surface area contributed by atoms with E-state index in [2.05, 4.69) is 10.3 Å². The van der Waals surface area contributed by atoms with Gasteiger partial charge in [0.25, 0.3) is 5.91 Å². The van der Waals surface area contributed by atoms with Gasteiger partial charge in [-0.15, -0.1) is 0 Å². The molecule has 1 aromatic carbocycles. The summed E-state index contributed by atoms with van der Waals surface area (Å²) in [6, 6.07) is 9.42. The molecule has 0 spiro atoms.